The largest absolute Gasteiger partial charge is 0.394 e. The molecule has 2 heterocycles. The smallest absolute Gasteiger partial charge is 0.259 e. The van der Waals surface area contributed by atoms with Gasteiger partial charge in [-0.15, -0.1) is 5.10 Å². The van der Waals surface area contributed by atoms with Crippen LogP contribution in [0, 0.1) is 30.2 Å². The number of halogens is 4. The quantitative estimate of drug-likeness (QED) is 0.276. The van der Waals surface area contributed by atoms with E-state index in [0.717, 1.165) is 23.2 Å². The van der Waals surface area contributed by atoms with Crippen molar-refractivity contribution in [1.82, 2.24) is 15.0 Å². The van der Waals surface area contributed by atoms with E-state index in [4.69, 9.17) is 9.47 Å². The van der Waals surface area contributed by atoms with E-state index < -0.39 is 78.4 Å². The van der Waals surface area contributed by atoms with Crippen molar-refractivity contribution in [2.75, 3.05) is 18.6 Å². The number of aromatic nitrogens is 3. The molecule has 0 bridgehead atoms. The molecule has 1 aromatic heterocycles. The lowest BCUT2D eigenvalue weighted by molar-refractivity contribution is -0.211. The predicted octanol–water partition coefficient (Wildman–Crippen LogP) is 2.82. The number of carbonyl (C=O) groups excluding carboxylic acids is 1. The van der Waals surface area contributed by atoms with E-state index in [-0.39, 0.29) is 16.9 Å². The first kappa shape index (κ1) is 31.0. The molecule has 43 heavy (non-hydrogen) atoms. The first-order valence-corrected chi connectivity index (χ1v) is 13.9. The number of ether oxygens (including phenoxy) is 2. The van der Waals surface area contributed by atoms with Crippen LogP contribution in [0.15, 0.2) is 36.5 Å². The number of hydrogen-bond donors (Lipinski definition) is 3. The van der Waals surface area contributed by atoms with E-state index in [1.807, 2.05) is 0 Å². The number of carbonyl (C=O) groups is 1. The topological polar surface area (TPSA) is 130 Å². The SMILES string of the molecule is CO[C@@H]1[C@@H](n2cc(-c3cc(F)c(F)c(F)c3)nn2)[C@@H](O)[C@@H](CO)O[C@H]1C(=O)N(c1cc(C)cc(F)c1)[C@H]1CCCC[C@@H]1O. The molecule has 2 aromatic carbocycles. The Kier molecular flexibility index (Phi) is 9.13. The van der Waals surface area contributed by atoms with Gasteiger partial charge in [-0.05, 0) is 55.7 Å². The van der Waals surface area contributed by atoms with Crippen LogP contribution in [0.5, 0.6) is 0 Å². The summed E-state index contributed by atoms with van der Waals surface area (Å²) in [6, 6.07) is 3.62. The second kappa shape index (κ2) is 12.7. The summed E-state index contributed by atoms with van der Waals surface area (Å²) in [7, 11) is 1.27. The average Bonchev–Trinajstić information content (AvgIpc) is 3.45. The first-order valence-electron chi connectivity index (χ1n) is 13.9. The number of anilines is 1. The normalized spacial score (nSPS) is 27.7. The Morgan fingerprint density at radius 1 is 1.09 bits per heavy atom. The Hall–Kier alpha value is -3.43. The minimum Gasteiger partial charge on any atom is -0.394 e. The lowest BCUT2D eigenvalue weighted by Crippen LogP contribution is -2.63. The number of benzene rings is 2. The van der Waals surface area contributed by atoms with Gasteiger partial charge in [-0.1, -0.05) is 18.1 Å². The maximum Gasteiger partial charge on any atom is 0.259 e. The van der Waals surface area contributed by atoms with Crippen LogP contribution >= 0.6 is 0 Å². The number of aryl methyl sites for hydroxylation is 1. The highest BCUT2D eigenvalue weighted by atomic mass is 19.2. The molecule has 232 valence electrons. The molecule has 1 saturated heterocycles. The molecule has 1 saturated carbocycles. The van der Waals surface area contributed by atoms with E-state index in [0.29, 0.717) is 24.8 Å². The standard InChI is InChI=1S/C29H32F4N4O6/c1-14-7-16(30)11-17(8-14)37(21-5-3-4-6-22(21)39)29(41)28-27(42-2)25(26(40)23(13-38)43-28)36-12-20(34-35-36)15-9-18(31)24(33)19(32)10-15/h7-12,21-23,25-28,38-40H,3-6,13H2,1-2H3/t21-,22-,23+,25-,26-,27+,28+/m0/s1. The zero-order valence-electron chi connectivity index (χ0n) is 23.4. The van der Waals surface area contributed by atoms with Crippen molar-refractivity contribution in [3.8, 4) is 11.3 Å². The summed E-state index contributed by atoms with van der Waals surface area (Å²) in [4.78, 5) is 15.7. The van der Waals surface area contributed by atoms with E-state index in [1.165, 1.54) is 30.3 Å². The molecule has 1 aliphatic carbocycles. The van der Waals surface area contributed by atoms with Crippen LogP contribution in [0.1, 0.15) is 37.3 Å². The van der Waals surface area contributed by atoms with Crippen LogP contribution in [0.25, 0.3) is 11.3 Å². The van der Waals surface area contributed by atoms with E-state index >= 15 is 0 Å². The molecule has 0 spiro atoms. The van der Waals surface area contributed by atoms with Crippen molar-refractivity contribution in [2.45, 2.75) is 75.2 Å². The Bertz CT molecular complexity index is 1430. The third-order valence-electron chi connectivity index (χ3n) is 8.05. The third kappa shape index (κ3) is 6.02. The fourth-order valence-electron chi connectivity index (χ4n) is 5.99. The van der Waals surface area contributed by atoms with Crippen LogP contribution in [0.4, 0.5) is 23.2 Å². The Morgan fingerprint density at radius 3 is 2.42 bits per heavy atom. The molecule has 2 fully saturated rings. The molecular formula is C29H32F4N4O6. The van der Waals surface area contributed by atoms with Crippen LogP contribution < -0.4 is 4.90 Å². The molecule has 1 amide bonds. The number of rotatable bonds is 7. The van der Waals surface area contributed by atoms with Gasteiger partial charge >= 0.3 is 0 Å². The lowest BCUT2D eigenvalue weighted by Gasteiger charge is -2.46. The van der Waals surface area contributed by atoms with Crippen molar-refractivity contribution >= 4 is 11.6 Å². The molecule has 0 unspecified atom stereocenters. The van der Waals surface area contributed by atoms with Gasteiger partial charge in [-0.2, -0.15) is 0 Å². The molecular weight excluding hydrogens is 576 g/mol. The summed E-state index contributed by atoms with van der Waals surface area (Å²) >= 11 is 0. The van der Waals surface area contributed by atoms with Crippen LogP contribution in [-0.4, -0.2) is 86.5 Å². The van der Waals surface area contributed by atoms with E-state index in [9.17, 15) is 37.7 Å². The van der Waals surface area contributed by atoms with Gasteiger partial charge in [0.1, 0.15) is 35.9 Å². The molecule has 14 heteroatoms. The zero-order chi connectivity index (χ0) is 31.0. The second-order valence-electron chi connectivity index (χ2n) is 10.9. The molecule has 10 nitrogen and oxygen atoms in total. The summed E-state index contributed by atoms with van der Waals surface area (Å²) < 4.78 is 68.5. The monoisotopic (exact) mass is 608 g/mol. The highest BCUT2D eigenvalue weighted by Gasteiger charge is 2.52. The number of nitrogens with zero attached hydrogens (tertiary/aromatic N) is 4. The molecule has 2 aliphatic rings. The van der Waals surface area contributed by atoms with Crippen LogP contribution in [-0.2, 0) is 14.3 Å². The van der Waals surface area contributed by atoms with Gasteiger partial charge in [0, 0.05) is 18.4 Å². The van der Waals surface area contributed by atoms with Gasteiger partial charge < -0.3 is 29.7 Å². The summed E-state index contributed by atoms with van der Waals surface area (Å²) in [5.41, 5.74) is 0.523. The first-order chi connectivity index (χ1) is 20.5. The molecule has 3 N–H and O–H groups in total. The summed E-state index contributed by atoms with van der Waals surface area (Å²) in [6.07, 6.45) is -2.92. The minimum absolute atomic E-state index is 0.0723. The number of amides is 1. The Labute approximate surface area is 244 Å². The number of aliphatic hydroxyl groups excluding tert-OH is 3. The predicted molar refractivity (Wildman–Crippen MR) is 144 cm³/mol. The summed E-state index contributed by atoms with van der Waals surface area (Å²) in [5.74, 6) is -5.82. The fraction of sp³-hybridized carbons (Fsp3) is 0.483. The molecule has 7 atom stereocenters. The van der Waals surface area contributed by atoms with Crippen molar-refractivity contribution in [3.63, 3.8) is 0 Å². The second-order valence-corrected chi connectivity index (χ2v) is 10.9. The number of aliphatic hydroxyl groups is 3. The molecule has 0 radical (unpaired) electrons. The minimum atomic E-state index is -1.65. The lowest BCUT2D eigenvalue weighted by atomic mass is 9.88. The fourth-order valence-corrected chi connectivity index (χ4v) is 5.99. The van der Waals surface area contributed by atoms with Crippen LogP contribution in [0.3, 0.4) is 0 Å². The van der Waals surface area contributed by atoms with E-state index in [2.05, 4.69) is 10.3 Å². The maximum atomic E-state index is 14.6. The third-order valence-corrected chi connectivity index (χ3v) is 8.05. The average molecular weight is 609 g/mol. The van der Waals surface area contributed by atoms with Gasteiger partial charge in [0.15, 0.2) is 23.6 Å². The van der Waals surface area contributed by atoms with Crippen molar-refractivity contribution in [3.05, 3.63) is 65.4 Å². The zero-order valence-corrected chi connectivity index (χ0v) is 23.4. The Balaban J connectivity index is 1.55. The highest BCUT2D eigenvalue weighted by Crippen LogP contribution is 2.37. The van der Waals surface area contributed by atoms with Gasteiger partial charge in [0.25, 0.3) is 5.91 Å². The maximum absolute atomic E-state index is 14.6. The van der Waals surface area contributed by atoms with Crippen molar-refractivity contribution in [1.29, 1.82) is 0 Å². The Morgan fingerprint density at radius 2 is 1.79 bits per heavy atom. The summed E-state index contributed by atoms with van der Waals surface area (Å²) in [6.45, 7) is 0.954. The van der Waals surface area contributed by atoms with Crippen LogP contribution in [0.2, 0.25) is 0 Å². The van der Waals surface area contributed by atoms with Gasteiger partial charge in [0.2, 0.25) is 0 Å². The number of methoxy groups -OCH3 is 1. The van der Waals surface area contributed by atoms with Gasteiger partial charge in [-0.25, -0.2) is 22.2 Å². The molecule has 1 aliphatic heterocycles. The van der Waals surface area contributed by atoms with Gasteiger partial charge in [0.05, 0.1) is 24.9 Å². The molecule has 5 rings (SSSR count). The van der Waals surface area contributed by atoms with E-state index in [1.54, 1.807) is 13.0 Å². The van der Waals surface area contributed by atoms with Gasteiger partial charge in [-0.3, -0.25) is 4.79 Å². The van der Waals surface area contributed by atoms with Crippen molar-refractivity contribution in [2.24, 2.45) is 0 Å². The molecule has 3 aromatic rings. The van der Waals surface area contributed by atoms with Crippen molar-refractivity contribution < 1.29 is 47.1 Å². The highest BCUT2D eigenvalue weighted by molar-refractivity contribution is 5.98. The number of hydrogen-bond acceptors (Lipinski definition) is 8. The summed E-state index contributed by atoms with van der Waals surface area (Å²) in [5, 5.41) is 40.0.